The molecule has 0 bridgehead atoms. The van der Waals surface area contributed by atoms with Gasteiger partial charge in [-0.3, -0.25) is 4.79 Å². The van der Waals surface area contributed by atoms with E-state index in [0.717, 1.165) is 38.1 Å². The number of aromatic nitrogens is 2. The maximum Gasteiger partial charge on any atom is 0.326 e. The monoisotopic (exact) mass is 265 g/mol. The van der Waals surface area contributed by atoms with Gasteiger partial charge in [0, 0.05) is 18.9 Å². The van der Waals surface area contributed by atoms with E-state index in [-0.39, 0.29) is 5.97 Å². The third-order valence-electron chi connectivity index (χ3n) is 4.46. The molecule has 1 aliphatic carbocycles. The summed E-state index contributed by atoms with van der Waals surface area (Å²) in [5, 5.41) is 3.22. The second-order valence-corrected chi connectivity index (χ2v) is 5.26. The summed E-state index contributed by atoms with van der Waals surface area (Å²) in [7, 11) is 3.33. The highest BCUT2D eigenvalue weighted by atomic mass is 16.5. The number of ether oxygens (including phenoxy) is 1. The zero-order valence-corrected chi connectivity index (χ0v) is 12.0. The van der Waals surface area contributed by atoms with E-state index >= 15 is 0 Å². The van der Waals surface area contributed by atoms with Gasteiger partial charge in [0.2, 0.25) is 0 Å². The van der Waals surface area contributed by atoms with Gasteiger partial charge in [-0.1, -0.05) is 6.42 Å². The molecule has 5 heteroatoms. The molecule has 2 atom stereocenters. The van der Waals surface area contributed by atoms with E-state index in [1.54, 1.807) is 0 Å². The van der Waals surface area contributed by atoms with Crippen LogP contribution in [-0.2, 0) is 16.1 Å². The number of methoxy groups -OCH3 is 1. The van der Waals surface area contributed by atoms with Crippen molar-refractivity contribution in [2.75, 3.05) is 14.2 Å². The number of carbonyl (C=O) groups excluding carboxylic acids is 1. The highest BCUT2D eigenvalue weighted by Crippen LogP contribution is 2.39. The molecule has 5 nitrogen and oxygen atoms in total. The van der Waals surface area contributed by atoms with Crippen LogP contribution in [0.4, 0.5) is 0 Å². The van der Waals surface area contributed by atoms with E-state index in [2.05, 4.69) is 14.9 Å². The van der Waals surface area contributed by atoms with Crippen LogP contribution in [0, 0.1) is 12.8 Å². The van der Waals surface area contributed by atoms with E-state index in [4.69, 9.17) is 4.74 Å². The van der Waals surface area contributed by atoms with Gasteiger partial charge in [-0.15, -0.1) is 0 Å². The Kier molecular flexibility index (Phi) is 4.24. The molecule has 1 heterocycles. The standard InChI is InChI=1S/C14H23N3O2/c1-11-16-8-10-17(11)9-6-12-5-4-7-14(12,15-2)13(18)19-3/h8,10,12,15H,4-7,9H2,1-3H3. The first kappa shape index (κ1) is 14.1. The van der Waals surface area contributed by atoms with Gasteiger partial charge in [-0.25, -0.2) is 4.98 Å². The van der Waals surface area contributed by atoms with Crippen LogP contribution in [0.15, 0.2) is 12.4 Å². The molecule has 0 amide bonds. The number of hydrogen-bond donors (Lipinski definition) is 1. The number of nitrogens with one attached hydrogen (secondary N) is 1. The topological polar surface area (TPSA) is 56.1 Å². The molecule has 19 heavy (non-hydrogen) atoms. The zero-order chi connectivity index (χ0) is 13.9. The molecular formula is C14H23N3O2. The second kappa shape index (κ2) is 5.74. The van der Waals surface area contributed by atoms with Crippen molar-refractivity contribution in [2.45, 2.75) is 44.7 Å². The number of rotatable bonds is 5. The Morgan fingerprint density at radius 3 is 3.05 bits per heavy atom. The van der Waals surface area contributed by atoms with Gasteiger partial charge in [0.25, 0.3) is 0 Å². The molecule has 0 radical (unpaired) electrons. The van der Waals surface area contributed by atoms with Crippen LogP contribution in [0.3, 0.4) is 0 Å². The van der Waals surface area contributed by atoms with E-state index in [1.807, 2.05) is 26.4 Å². The summed E-state index contributed by atoms with van der Waals surface area (Å²) in [5.74, 6) is 1.22. The molecule has 0 aliphatic heterocycles. The van der Waals surface area contributed by atoms with Crippen molar-refractivity contribution in [3.63, 3.8) is 0 Å². The lowest BCUT2D eigenvalue weighted by Gasteiger charge is -2.32. The summed E-state index contributed by atoms with van der Waals surface area (Å²) in [4.78, 5) is 16.3. The van der Waals surface area contributed by atoms with Gasteiger partial charge in [0.1, 0.15) is 11.4 Å². The number of likely N-dealkylation sites (N-methyl/N-ethyl adjacent to an activating group) is 1. The lowest BCUT2D eigenvalue weighted by Crippen LogP contribution is -2.54. The van der Waals surface area contributed by atoms with E-state index in [0.29, 0.717) is 5.92 Å². The molecule has 1 aromatic rings. The number of hydrogen-bond acceptors (Lipinski definition) is 4. The molecule has 106 valence electrons. The zero-order valence-electron chi connectivity index (χ0n) is 12.0. The summed E-state index contributed by atoms with van der Waals surface area (Å²) >= 11 is 0. The molecule has 2 unspecified atom stereocenters. The second-order valence-electron chi connectivity index (χ2n) is 5.26. The highest BCUT2D eigenvalue weighted by molar-refractivity contribution is 5.81. The number of esters is 1. The molecule has 0 spiro atoms. The number of aryl methyl sites for hydroxylation is 2. The average molecular weight is 265 g/mol. The molecule has 0 saturated heterocycles. The SMILES string of the molecule is CNC1(C(=O)OC)CCCC1CCn1ccnc1C. The van der Waals surface area contributed by atoms with Crippen LogP contribution >= 0.6 is 0 Å². The normalized spacial score (nSPS) is 26.6. The van der Waals surface area contributed by atoms with Gasteiger partial charge in [0.05, 0.1) is 7.11 Å². The first-order chi connectivity index (χ1) is 9.14. The van der Waals surface area contributed by atoms with Crippen molar-refractivity contribution in [1.29, 1.82) is 0 Å². The fraction of sp³-hybridized carbons (Fsp3) is 0.714. The van der Waals surface area contributed by atoms with Gasteiger partial charge in [0.15, 0.2) is 0 Å². The summed E-state index contributed by atoms with van der Waals surface area (Å²) in [6.07, 6.45) is 7.78. The first-order valence-electron chi connectivity index (χ1n) is 6.89. The molecule has 1 aromatic heterocycles. The van der Waals surface area contributed by atoms with E-state index < -0.39 is 5.54 Å². The molecule has 1 fully saturated rings. The Hall–Kier alpha value is -1.36. The van der Waals surface area contributed by atoms with E-state index in [1.165, 1.54) is 7.11 Å². The van der Waals surface area contributed by atoms with Gasteiger partial charge in [-0.05, 0) is 39.2 Å². The average Bonchev–Trinajstić information content (AvgIpc) is 3.02. The van der Waals surface area contributed by atoms with E-state index in [9.17, 15) is 4.79 Å². The predicted octanol–water partition coefficient (Wildman–Crippen LogP) is 1.51. The predicted molar refractivity (Wildman–Crippen MR) is 72.7 cm³/mol. The summed E-state index contributed by atoms with van der Waals surface area (Å²) in [6, 6.07) is 0. The van der Waals surface area contributed by atoms with Crippen molar-refractivity contribution in [3.05, 3.63) is 18.2 Å². The van der Waals surface area contributed by atoms with Gasteiger partial charge in [-0.2, -0.15) is 0 Å². The van der Waals surface area contributed by atoms with Crippen LogP contribution in [0.5, 0.6) is 0 Å². The summed E-state index contributed by atoms with van der Waals surface area (Å²) in [6.45, 7) is 2.90. The van der Waals surface area contributed by atoms with Crippen LogP contribution in [-0.4, -0.2) is 35.2 Å². The molecule has 2 rings (SSSR count). The Labute approximate surface area is 114 Å². The van der Waals surface area contributed by atoms with Gasteiger partial charge >= 0.3 is 5.97 Å². The molecule has 1 N–H and O–H groups in total. The van der Waals surface area contributed by atoms with Crippen LogP contribution in [0.1, 0.15) is 31.5 Å². The van der Waals surface area contributed by atoms with Crippen LogP contribution < -0.4 is 5.32 Å². The Bertz CT molecular complexity index is 444. The maximum absolute atomic E-state index is 12.1. The van der Waals surface area contributed by atoms with Crippen molar-refractivity contribution >= 4 is 5.97 Å². The highest BCUT2D eigenvalue weighted by Gasteiger charge is 2.48. The first-order valence-corrected chi connectivity index (χ1v) is 6.89. The smallest absolute Gasteiger partial charge is 0.326 e. The lowest BCUT2D eigenvalue weighted by molar-refractivity contribution is -0.150. The molecule has 1 aliphatic rings. The third-order valence-corrected chi connectivity index (χ3v) is 4.46. The third kappa shape index (κ3) is 2.52. The fourth-order valence-corrected chi connectivity index (χ4v) is 3.29. The van der Waals surface area contributed by atoms with Crippen molar-refractivity contribution in [2.24, 2.45) is 5.92 Å². The number of nitrogens with zero attached hydrogens (tertiary/aromatic N) is 2. The van der Waals surface area contributed by atoms with Crippen LogP contribution in [0.2, 0.25) is 0 Å². The largest absolute Gasteiger partial charge is 0.468 e. The Morgan fingerprint density at radius 2 is 2.47 bits per heavy atom. The number of imidazole rings is 1. The lowest BCUT2D eigenvalue weighted by atomic mass is 9.84. The number of carbonyl (C=O) groups is 1. The van der Waals surface area contributed by atoms with Crippen LogP contribution in [0.25, 0.3) is 0 Å². The minimum atomic E-state index is -0.497. The maximum atomic E-state index is 12.1. The van der Waals surface area contributed by atoms with Crippen molar-refractivity contribution in [3.8, 4) is 0 Å². The summed E-state index contributed by atoms with van der Waals surface area (Å²) in [5.41, 5.74) is -0.497. The Morgan fingerprint density at radius 1 is 1.68 bits per heavy atom. The minimum absolute atomic E-state index is 0.125. The molecule has 1 saturated carbocycles. The van der Waals surface area contributed by atoms with Crippen molar-refractivity contribution in [1.82, 2.24) is 14.9 Å². The molecule has 0 aromatic carbocycles. The molecular weight excluding hydrogens is 242 g/mol. The summed E-state index contributed by atoms with van der Waals surface area (Å²) < 4.78 is 7.13. The Balaban J connectivity index is 2.06. The quantitative estimate of drug-likeness (QED) is 0.820. The van der Waals surface area contributed by atoms with Crippen molar-refractivity contribution < 1.29 is 9.53 Å². The minimum Gasteiger partial charge on any atom is -0.468 e. The van der Waals surface area contributed by atoms with Gasteiger partial charge < -0.3 is 14.6 Å². The fourth-order valence-electron chi connectivity index (χ4n) is 3.29.